The SMILES string of the molecule is Cl.NC1CCN(C(=O)C2CCN(c3cccc(Br)c3)C2=O)CC1. The van der Waals surface area contributed by atoms with E-state index in [0.717, 1.165) is 23.0 Å². The largest absolute Gasteiger partial charge is 0.342 e. The zero-order chi connectivity index (χ0) is 15.7. The maximum absolute atomic E-state index is 12.6. The third-order valence-electron chi connectivity index (χ3n) is 4.47. The fourth-order valence-corrected chi connectivity index (χ4v) is 3.54. The van der Waals surface area contributed by atoms with Gasteiger partial charge in [-0.25, -0.2) is 0 Å². The third-order valence-corrected chi connectivity index (χ3v) is 4.97. The molecule has 2 amide bonds. The molecule has 2 N–H and O–H groups in total. The molecule has 23 heavy (non-hydrogen) atoms. The fourth-order valence-electron chi connectivity index (χ4n) is 3.15. The van der Waals surface area contributed by atoms with Crippen molar-refractivity contribution in [3.05, 3.63) is 28.7 Å². The number of hydrogen-bond acceptors (Lipinski definition) is 3. The van der Waals surface area contributed by atoms with Gasteiger partial charge in [0, 0.05) is 35.8 Å². The van der Waals surface area contributed by atoms with Crippen LogP contribution in [0.1, 0.15) is 19.3 Å². The first kappa shape index (κ1) is 18.2. The molecule has 0 aromatic heterocycles. The summed E-state index contributed by atoms with van der Waals surface area (Å²) in [5, 5.41) is 0. The Balaban J connectivity index is 0.00000192. The van der Waals surface area contributed by atoms with Gasteiger partial charge in [0.25, 0.3) is 0 Å². The molecule has 0 bridgehead atoms. The number of nitrogens with zero attached hydrogens (tertiary/aromatic N) is 2. The summed E-state index contributed by atoms with van der Waals surface area (Å²) in [6.45, 7) is 1.93. The molecule has 0 radical (unpaired) electrons. The molecule has 1 unspecified atom stereocenters. The van der Waals surface area contributed by atoms with E-state index in [1.165, 1.54) is 0 Å². The molecule has 0 aliphatic carbocycles. The molecule has 2 aliphatic heterocycles. The lowest BCUT2D eigenvalue weighted by atomic mass is 10.0. The molecule has 5 nitrogen and oxygen atoms in total. The number of nitrogens with two attached hydrogens (primary N) is 1. The van der Waals surface area contributed by atoms with E-state index < -0.39 is 5.92 Å². The minimum atomic E-state index is -0.534. The summed E-state index contributed by atoms with van der Waals surface area (Å²) in [7, 11) is 0. The summed E-state index contributed by atoms with van der Waals surface area (Å²) in [5.41, 5.74) is 6.72. The Morgan fingerprint density at radius 1 is 1.17 bits per heavy atom. The number of hydrogen-bond donors (Lipinski definition) is 1. The summed E-state index contributed by atoms with van der Waals surface area (Å²) in [6.07, 6.45) is 2.23. The van der Waals surface area contributed by atoms with Crippen LogP contribution in [-0.4, -0.2) is 42.4 Å². The van der Waals surface area contributed by atoms with Gasteiger partial charge >= 0.3 is 0 Å². The van der Waals surface area contributed by atoms with Crippen LogP contribution in [0.4, 0.5) is 5.69 Å². The normalized spacial score (nSPS) is 22.2. The van der Waals surface area contributed by atoms with Crippen molar-refractivity contribution in [2.75, 3.05) is 24.5 Å². The van der Waals surface area contributed by atoms with Gasteiger partial charge < -0.3 is 15.5 Å². The molecule has 2 heterocycles. The number of piperidine rings is 1. The molecular weight excluding hydrogens is 382 g/mol. The van der Waals surface area contributed by atoms with Crippen LogP contribution in [-0.2, 0) is 9.59 Å². The molecule has 2 aliphatic rings. The van der Waals surface area contributed by atoms with Crippen LogP contribution >= 0.6 is 28.3 Å². The third kappa shape index (κ3) is 3.87. The highest BCUT2D eigenvalue weighted by atomic mass is 79.9. The summed E-state index contributed by atoms with van der Waals surface area (Å²) >= 11 is 3.42. The average molecular weight is 403 g/mol. The van der Waals surface area contributed by atoms with Gasteiger partial charge in [0.2, 0.25) is 11.8 Å². The molecule has 7 heteroatoms. The number of amides is 2. The van der Waals surface area contributed by atoms with Crippen molar-refractivity contribution in [1.29, 1.82) is 0 Å². The number of rotatable bonds is 2. The average Bonchev–Trinajstić information content (AvgIpc) is 2.89. The van der Waals surface area contributed by atoms with Gasteiger partial charge in [0.15, 0.2) is 0 Å². The lowest BCUT2D eigenvalue weighted by Gasteiger charge is -2.31. The van der Waals surface area contributed by atoms with Crippen molar-refractivity contribution in [3.8, 4) is 0 Å². The Labute approximate surface area is 150 Å². The smallest absolute Gasteiger partial charge is 0.239 e. The zero-order valence-electron chi connectivity index (χ0n) is 12.8. The predicted molar refractivity (Wildman–Crippen MR) is 95.6 cm³/mol. The van der Waals surface area contributed by atoms with Crippen molar-refractivity contribution < 1.29 is 9.59 Å². The van der Waals surface area contributed by atoms with E-state index in [4.69, 9.17) is 5.73 Å². The van der Waals surface area contributed by atoms with Crippen molar-refractivity contribution in [1.82, 2.24) is 4.90 Å². The molecular formula is C16H21BrClN3O2. The van der Waals surface area contributed by atoms with E-state index in [2.05, 4.69) is 15.9 Å². The lowest BCUT2D eigenvalue weighted by Crippen LogP contribution is -2.46. The Kier molecular flexibility index (Phi) is 6.06. The van der Waals surface area contributed by atoms with Gasteiger partial charge in [-0.2, -0.15) is 0 Å². The summed E-state index contributed by atoms with van der Waals surface area (Å²) < 4.78 is 0.928. The van der Waals surface area contributed by atoms with Crippen molar-refractivity contribution in [2.24, 2.45) is 11.7 Å². The van der Waals surface area contributed by atoms with E-state index in [0.29, 0.717) is 26.1 Å². The van der Waals surface area contributed by atoms with E-state index in [1.54, 1.807) is 9.80 Å². The first-order chi connectivity index (χ1) is 10.6. The maximum atomic E-state index is 12.6. The van der Waals surface area contributed by atoms with Crippen LogP contribution in [0.25, 0.3) is 0 Å². The Hall–Kier alpha value is -1.11. The molecule has 2 fully saturated rings. The van der Waals surface area contributed by atoms with Crippen LogP contribution in [0.3, 0.4) is 0 Å². The predicted octanol–water partition coefficient (Wildman–Crippen LogP) is 2.17. The molecule has 1 atom stereocenters. The Morgan fingerprint density at radius 2 is 1.87 bits per heavy atom. The number of carbonyl (C=O) groups is 2. The van der Waals surface area contributed by atoms with Gasteiger partial charge in [-0.15, -0.1) is 12.4 Å². The van der Waals surface area contributed by atoms with Crippen molar-refractivity contribution in [2.45, 2.75) is 25.3 Å². The number of anilines is 1. The summed E-state index contributed by atoms with van der Waals surface area (Å²) in [5.74, 6) is -0.652. The zero-order valence-corrected chi connectivity index (χ0v) is 15.2. The highest BCUT2D eigenvalue weighted by molar-refractivity contribution is 9.10. The van der Waals surface area contributed by atoms with Gasteiger partial charge in [0.05, 0.1) is 0 Å². The molecule has 0 saturated carbocycles. The van der Waals surface area contributed by atoms with Gasteiger partial charge in [-0.05, 0) is 37.5 Å². The highest BCUT2D eigenvalue weighted by Gasteiger charge is 2.40. The monoisotopic (exact) mass is 401 g/mol. The first-order valence-electron chi connectivity index (χ1n) is 7.67. The second-order valence-electron chi connectivity index (χ2n) is 5.97. The molecule has 3 rings (SSSR count). The van der Waals surface area contributed by atoms with Crippen LogP contribution in [0.15, 0.2) is 28.7 Å². The Bertz CT molecular complexity index is 590. The van der Waals surface area contributed by atoms with Crippen LogP contribution < -0.4 is 10.6 Å². The number of carbonyl (C=O) groups excluding carboxylic acids is 2. The topological polar surface area (TPSA) is 66.6 Å². The van der Waals surface area contributed by atoms with Crippen molar-refractivity contribution in [3.63, 3.8) is 0 Å². The van der Waals surface area contributed by atoms with E-state index in [1.807, 2.05) is 24.3 Å². The first-order valence-corrected chi connectivity index (χ1v) is 8.47. The van der Waals surface area contributed by atoms with Crippen LogP contribution in [0, 0.1) is 5.92 Å². The van der Waals surface area contributed by atoms with Gasteiger partial charge in [0.1, 0.15) is 5.92 Å². The maximum Gasteiger partial charge on any atom is 0.239 e. The van der Waals surface area contributed by atoms with Crippen LogP contribution in [0.5, 0.6) is 0 Å². The van der Waals surface area contributed by atoms with Gasteiger partial charge in [-0.1, -0.05) is 22.0 Å². The number of benzene rings is 1. The molecule has 0 spiro atoms. The molecule has 2 saturated heterocycles. The summed E-state index contributed by atoms with van der Waals surface area (Å²) in [6, 6.07) is 7.80. The second-order valence-corrected chi connectivity index (χ2v) is 6.89. The highest BCUT2D eigenvalue weighted by Crippen LogP contribution is 2.29. The minimum absolute atomic E-state index is 0. The number of halogens is 2. The van der Waals surface area contributed by atoms with Crippen molar-refractivity contribution >= 4 is 45.8 Å². The fraction of sp³-hybridized carbons (Fsp3) is 0.500. The minimum Gasteiger partial charge on any atom is -0.342 e. The van der Waals surface area contributed by atoms with E-state index in [-0.39, 0.29) is 30.3 Å². The lowest BCUT2D eigenvalue weighted by molar-refractivity contribution is -0.140. The quantitative estimate of drug-likeness (QED) is 0.771. The van der Waals surface area contributed by atoms with Crippen LogP contribution in [0.2, 0.25) is 0 Å². The molecule has 1 aromatic carbocycles. The molecule has 126 valence electrons. The summed E-state index contributed by atoms with van der Waals surface area (Å²) in [4.78, 5) is 28.7. The Morgan fingerprint density at radius 3 is 2.52 bits per heavy atom. The number of likely N-dealkylation sites (tertiary alicyclic amines) is 1. The van der Waals surface area contributed by atoms with Gasteiger partial charge in [-0.3, -0.25) is 9.59 Å². The molecule has 1 aromatic rings. The second kappa shape index (κ2) is 7.64. The standard InChI is InChI=1S/C16H20BrN3O2.ClH/c17-11-2-1-3-13(10-11)20-9-6-14(16(20)22)15(21)19-7-4-12(18)5-8-19;/h1-3,10,12,14H,4-9,18H2;1H. The van der Waals surface area contributed by atoms with E-state index in [9.17, 15) is 9.59 Å². The van der Waals surface area contributed by atoms with E-state index >= 15 is 0 Å².